The van der Waals surface area contributed by atoms with Crippen LogP contribution < -0.4 is 0 Å². The summed E-state index contributed by atoms with van der Waals surface area (Å²) in [5, 5.41) is 0. The Bertz CT molecular complexity index is 232. The summed E-state index contributed by atoms with van der Waals surface area (Å²) in [7, 11) is 0. The molecule has 0 atom stereocenters. The minimum Gasteiger partial charge on any atom is -0.273 e. The predicted octanol–water partition coefficient (Wildman–Crippen LogP) is 4.17. The van der Waals surface area contributed by atoms with Gasteiger partial charge in [-0.25, -0.2) is 43.4 Å². The van der Waals surface area contributed by atoms with Crippen LogP contribution in [0, 0.1) is 19.1 Å². The van der Waals surface area contributed by atoms with Gasteiger partial charge in [-0.05, 0) is 0 Å². The second-order valence-corrected chi connectivity index (χ2v) is 2.67. The summed E-state index contributed by atoms with van der Waals surface area (Å²) in [4.78, 5) is 0. The van der Waals surface area contributed by atoms with Crippen LogP contribution in [0.5, 0.6) is 0 Å². The molecule has 0 bridgehead atoms. The predicted molar refractivity (Wildman–Crippen MR) is 67.8 cm³/mol. The second kappa shape index (κ2) is 16.5. The molecule has 2 aliphatic carbocycles. The van der Waals surface area contributed by atoms with Crippen LogP contribution in [-0.2, 0) is 21.7 Å². The maximum atomic E-state index is 3.42. The Hall–Kier alpha value is -0.976. The van der Waals surface area contributed by atoms with Gasteiger partial charge < -0.3 is 0 Å². The first kappa shape index (κ1) is 17.4. The first-order valence-corrected chi connectivity index (χ1v) is 4.92. The smallest absolute Gasteiger partial charge is 0.273 e. The largest absolute Gasteiger partial charge is 3.00 e. The van der Waals surface area contributed by atoms with Crippen molar-refractivity contribution >= 4 is 0 Å². The quantitative estimate of drug-likeness (QED) is 0.369. The molecule has 2 rings (SSSR count). The van der Waals surface area contributed by atoms with Gasteiger partial charge in [-0.3, -0.25) is 12.2 Å². The molecule has 0 N–H and O–H groups in total. The maximum absolute atomic E-state index is 3.42. The summed E-state index contributed by atoms with van der Waals surface area (Å²) in [5.41, 5.74) is 0. The maximum Gasteiger partial charge on any atom is 3.00 e. The summed E-state index contributed by atoms with van der Waals surface area (Å²) in [6.45, 7) is 6.85. The molecule has 2 aliphatic rings. The van der Waals surface area contributed by atoms with Crippen LogP contribution in [0.15, 0.2) is 61.3 Å². The molecule has 0 nitrogen and oxygen atoms in total. The summed E-state index contributed by atoms with van der Waals surface area (Å²) >= 11 is 0. The molecule has 0 amide bonds. The van der Waals surface area contributed by atoms with Gasteiger partial charge in [-0.15, -0.1) is 19.4 Å². The Morgan fingerprint density at radius 3 is 1.62 bits per heavy atom. The van der Waals surface area contributed by atoms with Gasteiger partial charge in [-0.2, -0.15) is 18.2 Å². The topological polar surface area (TPSA) is 0 Å². The van der Waals surface area contributed by atoms with Crippen molar-refractivity contribution in [3.05, 3.63) is 80.3 Å². The van der Waals surface area contributed by atoms with E-state index in [2.05, 4.69) is 37.8 Å². The van der Waals surface area contributed by atoms with Crippen molar-refractivity contribution in [2.24, 2.45) is 0 Å². The Kier molecular flexibility index (Phi) is 17.9. The van der Waals surface area contributed by atoms with E-state index in [0.29, 0.717) is 0 Å². The molecule has 1 radical (unpaired) electrons. The number of allylic oxidation sites excluding steroid dienone is 11. The minimum absolute atomic E-state index is 0. The van der Waals surface area contributed by atoms with Crippen LogP contribution in [0.1, 0.15) is 12.8 Å². The van der Waals surface area contributed by atoms with Crippen LogP contribution in [0.3, 0.4) is 0 Å². The van der Waals surface area contributed by atoms with Gasteiger partial charge in [0, 0.05) is 0 Å². The third-order valence-corrected chi connectivity index (χ3v) is 1.44. The van der Waals surface area contributed by atoms with Crippen molar-refractivity contribution < 1.29 is 21.7 Å². The van der Waals surface area contributed by atoms with Crippen molar-refractivity contribution in [1.29, 1.82) is 0 Å². The Morgan fingerprint density at radius 2 is 1.56 bits per heavy atom. The van der Waals surface area contributed by atoms with Gasteiger partial charge in [-0.1, -0.05) is 0 Å². The molecule has 0 aliphatic heterocycles. The van der Waals surface area contributed by atoms with Crippen molar-refractivity contribution in [3.8, 4) is 0 Å². The Balaban J connectivity index is 0. The SMILES string of the molecule is C=CC=C[CH2-].[C-]1=CC=CC1.[C-]1=CC=CC1.[Ti+3]. The first-order valence-electron chi connectivity index (χ1n) is 4.92. The van der Waals surface area contributed by atoms with Crippen LogP contribution in [0.2, 0.25) is 0 Å². The standard InChI is InChI=1S/2C5H5.C5H7.Ti/c2*1-2-4-5-3-1;1-3-5-4-2;/h2*1-3H,4H2;3-5H,1-2H2;/q3*-1;+3. The van der Waals surface area contributed by atoms with E-state index in [-0.39, 0.29) is 21.7 Å². The number of hydrogen-bond donors (Lipinski definition) is 0. The van der Waals surface area contributed by atoms with Crippen LogP contribution in [0.25, 0.3) is 0 Å². The summed E-state index contributed by atoms with van der Waals surface area (Å²) in [5.74, 6) is 0. The third-order valence-electron chi connectivity index (χ3n) is 1.44. The molecule has 0 aromatic carbocycles. The summed E-state index contributed by atoms with van der Waals surface area (Å²) < 4.78 is 0. The van der Waals surface area contributed by atoms with E-state index in [0.717, 1.165) is 12.8 Å². The second-order valence-electron chi connectivity index (χ2n) is 2.67. The minimum atomic E-state index is 0. The van der Waals surface area contributed by atoms with Crippen molar-refractivity contribution in [2.45, 2.75) is 12.8 Å². The summed E-state index contributed by atoms with van der Waals surface area (Å²) in [6, 6.07) is 0. The molecule has 0 aromatic rings. The van der Waals surface area contributed by atoms with Gasteiger partial charge in [0.2, 0.25) is 0 Å². The monoisotopic (exact) mass is 245 g/mol. The molecule has 0 aromatic heterocycles. The molecular formula is C15H17Ti. The first-order chi connectivity index (χ1) is 7.41. The van der Waals surface area contributed by atoms with E-state index < -0.39 is 0 Å². The summed E-state index contributed by atoms with van der Waals surface area (Å²) in [6.07, 6.45) is 25.2. The van der Waals surface area contributed by atoms with Gasteiger partial charge in [0.15, 0.2) is 0 Å². The molecule has 0 fully saturated rings. The Morgan fingerprint density at radius 1 is 1.06 bits per heavy atom. The fourth-order valence-electron chi connectivity index (χ4n) is 0.777. The molecular weight excluding hydrogens is 228 g/mol. The van der Waals surface area contributed by atoms with Crippen molar-refractivity contribution in [1.82, 2.24) is 0 Å². The zero-order valence-electron chi connectivity index (χ0n) is 9.52. The van der Waals surface area contributed by atoms with Crippen molar-refractivity contribution in [2.75, 3.05) is 0 Å². The number of hydrogen-bond acceptors (Lipinski definition) is 0. The third kappa shape index (κ3) is 15.5. The van der Waals surface area contributed by atoms with E-state index >= 15 is 0 Å². The van der Waals surface area contributed by atoms with Crippen molar-refractivity contribution in [3.63, 3.8) is 0 Å². The molecule has 81 valence electrons. The molecule has 0 saturated carbocycles. The van der Waals surface area contributed by atoms with Gasteiger partial charge in [0.05, 0.1) is 0 Å². The molecule has 16 heavy (non-hydrogen) atoms. The zero-order chi connectivity index (χ0) is 11.2. The van der Waals surface area contributed by atoms with Gasteiger partial charge in [0.1, 0.15) is 0 Å². The van der Waals surface area contributed by atoms with E-state index in [1.54, 1.807) is 18.2 Å². The van der Waals surface area contributed by atoms with E-state index in [1.165, 1.54) is 0 Å². The fraction of sp³-hybridized carbons (Fsp3) is 0.133. The van der Waals surface area contributed by atoms with Gasteiger partial charge >= 0.3 is 21.7 Å². The van der Waals surface area contributed by atoms with Crippen LogP contribution in [0.4, 0.5) is 0 Å². The van der Waals surface area contributed by atoms with E-state index in [4.69, 9.17) is 0 Å². The fourth-order valence-corrected chi connectivity index (χ4v) is 0.777. The number of rotatable bonds is 1. The molecule has 0 heterocycles. The van der Waals surface area contributed by atoms with Gasteiger partial charge in [0.25, 0.3) is 0 Å². The zero-order valence-corrected chi connectivity index (χ0v) is 11.1. The normalized spacial score (nSPS) is 13.8. The average Bonchev–Trinajstić information content (AvgIpc) is 2.99. The molecule has 0 unspecified atom stereocenters. The molecule has 0 spiro atoms. The average molecular weight is 245 g/mol. The van der Waals surface area contributed by atoms with Crippen LogP contribution in [-0.4, -0.2) is 0 Å². The van der Waals surface area contributed by atoms with E-state index in [1.807, 2.05) is 24.3 Å². The van der Waals surface area contributed by atoms with Crippen LogP contribution >= 0.6 is 0 Å². The Labute approximate surface area is 115 Å². The molecule has 1 heteroatoms. The molecule has 0 saturated heterocycles. The van der Waals surface area contributed by atoms with E-state index in [9.17, 15) is 0 Å².